The van der Waals surface area contributed by atoms with Crippen molar-refractivity contribution in [2.75, 3.05) is 0 Å². The minimum Gasteiger partial charge on any atom is -0.282 e. The van der Waals surface area contributed by atoms with Gasteiger partial charge in [0.05, 0.1) is 5.56 Å². The monoisotopic (exact) mass is 416 g/mol. The molecule has 28 heavy (non-hydrogen) atoms. The highest BCUT2D eigenvalue weighted by Gasteiger charge is 2.32. The lowest BCUT2D eigenvalue weighted by Gasteiger charge is -2.20. The van der Waals surface area contributed by atoms with Gasteiger partial charge in [-0.05, 0) is 29.9 Å². The molecule has 0 amide bonds. The SMILES string of the molecule is O=S(=O)(O)c1c(F)c(F)c(-c2ccc(C3CCCCCCC3)cc2)c(F)c1F. The zero-order valence-electron chi connectivity index (χ0n) is 15.0. The maximum atomic E-state index is 14.3. The van der Waals surface area contributed by atoms with Crippen LogP contribution < -0.4 is 0 Å². The van der Waals surface area contributed by atoms with E-state index in [0.717, 1.165) is 31.2 Å². The zero-order valence-corrected chi connectivity index (χ0v) is 15.8. The molecular formula is C20H20F4O3S. The first kappa shape index (κ1) is 20.8. The third-order valence-corrected chi connectivity index (χ3v) is 6.13. The highest BCUT2D eigenvalue weighted by Crippen LogP contribution is 2.36. The molecule has 0 aliphatic heterocycles. The molecule has 1 aliphatic carbocycles. The van der Waals surface area contributed by atoms with Gasteiger partial charge in [0, 0.05) is 0 Å². The second-order valence-corrected chi connectivity index (χ2v) is 8.46. The maximum Gasteiger partial charge on any atom is 0.300 e. The fourth-order valence-corrected chi connectivity index (χ4v) is 4.44. The normalized spacial score (nSPS) is 16.6. The van der Waals surface area contributed by atoms with Crippen molar-refractivity contribution >= 4 is 10.1 Å². The highest BCUT2D eigenvalue weighted by molar-refractivity contribution is 7.85. The third kappa shape index (κ3) is 4.07. The quantitative estimate of drug-likeness (QED) is 0.380. The summed E-state index contributed by atoms with van der Waals surface area (Å²) in [6, 6.07) is 6.07. The van der Waals surface area contributed by atoms with Crippen molar-refractivity contribution < 1.29 is 30.5 Å². The first-order valence-corrected chi connectivity index (χ1v) is 10.6. The van der Waals surface area contributed by atoms with Gasteiger partial charge in [-0.3, -0.25) is 4.55 Å². The Balaban J connectivity index is 2.00. The van der Waals surface area contributed by atoms with E-state index < -0.39 is 43.8 Å². The van der Waals surface area contributed by atoms with Gasteiger partial charge in [-0.25, -0.2) is 17.6 Å². The fourth-order valence-electron chi connectivity index (χ4n) is 3.80. The smallest absolute Gasteiger partial charge is 0.282 e. The number of halogens is 4. The number of benzene rings is 2. The van der Waals surface area contributed by atoms with Gasteiger partial charge in [0.1, 0.15) is 0 Å². The largest absolute Gasteiger partial charge is 0.300 e. The van der Waals surface area contributed by atoms with E-state index in [2.05, 4.69) is 0 Å². The molecule has 0 saturated heterocycles. The summed E-state index contributed by atoms with van der Waals surface area (Å²) < 4.78 is 87.6. The molecule has 0 atom stereocenters. The summed E-state index contributed by atoms with van der Waals surface area (Å²) >= 11 is 0. The molecule has 1 saturated carbocycles. The average Bonchev–Trinajstić information content (AvgIpc) is 2.60. The van der Waals surface area contributed by atoms with Crippen molar-refractivity contribution in [1.82, 2.24) is 0 Å². The molecule has 1 fully saturated rings. The Morgan fingerprint density at radius 3 is 1.68 bits per heavy atom. The average molecular weight is 416 g/mol. The summed E-state index contributed by atoms with van der Waals surface area (Å²) in [4.78, 5) is -2.03. The second-order valence-electron chi connectivity index (χ2n) is 7.10. The van der Waals surface area contributed by atoms with Crippen LogP contribution in [0.15, 0.2) is 29.2 Å². The maximum absolute atomic E-state index is 14.3. The van der Waals surface area contributed by atoms with E-state index in [1.165, 1.54) is 31.4 Å². The molecule has 152 valence electrons. The van der Waals surface area contributed by atoms with Gasteiger partial charge >= 0.3 is 10.1 Å². The second kappa shape index (κ2) is 8.21. The Hall–Kier alpha value is -1.93. The lowest BCUT2D eigenvalue weighted by Crippen LogP contribution is -2.11. The van der Waals surface area contributed by atoms with Gasteiger partial charge in [0.15, 0.2) is 28.2 Å². The van der Waals surface area contributed by atoms with Crippen LogP contribution in [-0.4, -0.2) is 13.0 Å². The lowest BCUT2D eigenvalue weighted by atomic mass is 9.85. The Kier molecular flexibility index (Phi) is 6.09. The molecule has 2 aromatic rings. The zero-order chi connectivity index (χ0) is 20.5. The van der Waals surface area contributed by atoms with Gasteiger partial charge in [0.2, 0.25) is 0 Å². The number of hydrogen-bond donors (Lipinski definition) is 1. The molecule has 8 heteroatoms. The molecule has 0 unspecified atom stereocenters. The predicted octanol–water partition coefficient (Wildman–Crippen LogP) is 5.98. The van der Waals surface area contributed by atoms with Gasteiger partial charge in [0.25, 0.3) is 0 Å². The van der Waals surface area contributed by atoms with Gasteiger partial charge in [-0.1, -0.05) is 56.4 Å². The third-order valence-electron chi connectivity index (χ3n) is 5.26. The molecular weight excluding hydrogens is 396 g/mol. The summed E-state index contributed by atoms with van der Waals surface area (Å²) in [6.45, 7) is 0. The summed E-state index contributed by atoms with van der Waals surface area (Å²) in [7, 11) is -5.47. The molecule has 1 aliphatic rings. The Morgan fingerprint density at radius 2 is 1.21 bits per heavy atom. The lowest BCUT2D eigenvalue weighted by molar-refractivity contribution is 0.406. The summed E-state index contributed by atoms with van der Waals surface area (Å²) in [6.07, 6.45) is 7.78. The van der Waals surface area contributed by atoms with E-state index in [-0.39, 0.29) is 5.56 Å². The van der Waals surface area contributed by atoms with Crippen molar-refractivity contribution in [2.45, 2.75) is 55.8 Å². The van der Waals surface area contributed by atoms with E-state index in [4.69, 9.17) is 4.55 Å². The van der Waals surface area contributed by atoms with E-state index in [1.807, 2.05) is 0 Å². The van der Waals surface area contributed by atoms with Gasteiger partial charge in [-0.15, -0.1) is 0 Å². The van der Waals surface area contributed by atoms with Crippen molar-refractivity contribution in [1.29, 1.82) is 0 Å². The Labute approximate surface area is 161 Å². The topological polar surface area (TPSA) is 54.4 Å². The van der Waals surface area contributed by atoms with Crippen LogP contribution in [0.2, 0.25) is 0 Å². The molecule has 0 bridgehead atoms. The van der Waals surface area contributed by atoms with Crippen molar-refractivity contribution in [3.05, 3.63) is 53.1 Å². The van der Waals surface area contributed by atoms with Crippen molar-refractivity contribution in [2.24, 2.45) is 0 Å². The summed E-state index contributed by atoms with van der Waals surface area (Å²) in [5.74, 6) is -7.73. The Morgan fingerprint density at radius 1 is 0.750 bits per heavy atom. The molecule has 0 radical (unpaired) electrons. The standard InChI is InChI=1S/C20H20F4O3S/c21-16-15(17(22)19(24)20(18(16)23)28(25,26)27)14-10-8-13(9-11-14)12-6-4-2-1-3-5-7-12/h8-12H,1-7H2,(H,25,26,27). The van der Waals surface area contributed by atoms with Crippen LogP contribution in [0.4, 0.5) is 17.6 Å². The van der Waals surface area contributed by atoms with E-state index in [1.54, 1.807) is 12.1 Å². The van der Waals surface area contributed by atoms with E-state index in [9.17, 15) is 26.0 Å². The minimum absolute atomic E-state index is 0.121. The van der Waals surface area contributed by atoms with E-state index >= 15 is 0 Å². The number of hydrogen-bond acceptors (Lipinski definition) is 2. The van der Waals surface area contributed by atoms with Crippen LogP contribution in [0.1, 0.15) is 56.4 Å². The highest BCUT2D eigenvalue weighted by atomic mass is 32.2. The minimum atomic E-state index is -5.47. The summed E-state index contributed by atoms with van der Waals surface area (Å²) in [5.41, 5.74) is -0.141. The molecule has 3 nitrogen and oxygen atoms in total. The fraction of sp³-hybridized carbons (Fsp3) is 0.400. The molecule has 2 aromatic carbocycles. The summed E-state index contributed by atoms with van der Waals surface area (Å²) in [5, 5.41) is 0. The molecule has 1 N–H and O–H groups in total. The van der Waals surface area contributed by atoms with E-state index in [0.29, 0.717) is 5.92 Å². The number of rotatable bonds is 3. The van der Waals surface area contributed by atoms with Crippen LogP contribution in [0, 0.1) is 23.3 Å². The Bertz CT molecular complexity index is 935. The van der Waals surface area contributed by atoms with Crippen LogP contribution in [0.3, 0.4) is 0 Å². The van der Waals surface area contributed by atoms with Crippen molar-refractivity contribution in [3.8, 4) is 11.1 Å². The molecule has 3 rings (SSSR count). The van der Waals surface area contributed by atoms with Crippen LogP contribution in [0.25, 0.3) is 11.1 Å². The van der Waals surface area contributed by atoms with Crippen LogP contribution in [-0.2, 0) is 10.1 Å². The van der Waals surface area contributed by atoms with Crippen LogP contribution in [0.5, 0.6) is 0 Å². The first-order chi connectivity index (χ1) is 13.2. The molecule has 0 spiro atoms. The molecule has 0 heterocycles. The molecule has 0 aromatic heterocycles. The van der Waals surface area contributed by atoms with Crippen molar-refractivity contribution in [3.63, 3.8) is 0 Å². The van der Waals surface area contributed by atoms with Gasteiger partial charge in [-0.2, -0.15) is 8.42 Å². The predicted molar refractivity (Wildman–Crippen MR) is 96.6 cm³/mol. The van der Waals surface area contributed by atoms with Gasteiger partial charge < -0.3 is 0 Å². The van der Waals surface area contributed by atoms with Crippen LogP contribution >= 0.6 is 0 Å². The first-order valence-electron chi connectivity index (χ1n) is 9.15.